The van der Waals surface area contributed by atoms with Crippen molar-refractivity contribution in [3.8, 4) is 0 Å². The number of aliphatic carboxylic acids is 4. The molecule has 0 aromatic heterocycles. The summed E-state index contributed by atoms with van der Waals surface area (Å²) in [6, 6.07) is -4.84. The molecule has 0 radical (unpaired) electrons. The maximum atomic E-state index is 12.6. The summed E-state index contributed by atoms with van der Waals surface area (Å²) in [5, 5.41) is 52.8. The molecule has 3 atom stereocenters. The van der Waals surface area contributed by atoms with Gasteiger partial charge in [-0.25, -0.2) is 19.2 Å². The quantitative estimate of drug-likeness (QED) is 0.0313. The van der Waals surface area contributed by atoms with E-state index in [1.807, 2.05) is 0 Å². The molecule has 0 aliphatic heterocycles. The van der Waals surface area contributed by atoms with Gasteiger partial charge in [0, 0.05) is 74.4 Å². The lowest BCUT2D eigenvalue weighted by atomic mass is 10.1. The number of nitrogens with zero attached hydrogens (tertiary/aromatic N) is 1. The molecule has 0 unspecified atom stereocenters. The second kappa shape index (κ2) is 32.8. The second-order valence-corrected chi connectivity index (χ2v) is 19.4. The standard InChI is InChI=1S/C41H75N7O12S2/c1-40(2,61)27-42-24-26-48(28-41(3,4)62)25-14-11-19-34(51)45-29(36(54)55)15-9-12-22-43-32(49)17-7-5-6-8-18-33(50)44-23-13-10-16-30(37(56)57)46-39(60)47-31(38(58)59)20-21-35(52)53/h29-31,42,61-62H,5-28H2,1-4H3,(H,43,49)(H,44,50)(H,45,51)(H,52,53)(H,54,55)(H,56,57)(H,58,59)(H2,46,47,60)/t29-,30-,31-/m0/s1. The first-order chi connectivity index (χ1) is 29.0. The minimum atomic E-state index is -1.50. The van der Waals surface area contributed by atoms with Gasteiger partial charge in [0.1, 0.15) is 18.1 Å². The second-order valence-electron chi connectivity index (χ2n) is 16.9. The summed E-state index contributed by atoms with van der Waals surface area (Å²) in [4.78, 5) is 96.7. The maximum absolute atomic E-state index is 12.6. The zero-order valence-electron chi connectivity index (χ0n) is 37.1. The number of urea groups is 1. The predicted octanol–water partition coefficient (Wildman–Crippen LogP) is 3.02. The third-order valence-electron chi connectivity index (χ3n) is 9.43. The van der Waals surface area contributed by atoms with Crippen LogP contribution >= 0.6 is 25.3 Å². The van der Waals surface area contributed by atoms with Gasteiger partial charge >= 0.3 is 29.9 Å². The molecule has 0 spiro atoms. The number of carboxylic acid groups (broad SMARTS) is 4. The van der Waals surface area contributed by atoms with Gasteiger partial charge in [0.15, 0.2) is 0 Å². The van der Waals surface area contributed by atoms with Gasteiger partial charge in [-0.15, -0.1) is 0 Å². The molecule has 0 heterocycles. The molecule has 10 N–H and O–H groups in total. The van der Waals surface area contributed by atoms with Crippen LogP contribution in [0.25, 0.3) is 0 Å². The monoisotopic (exact) mass is 921 g/mol. The van der Waals surface area contributed by atoms with Crippen LogP contribution in [0.4, 0.5) is 4.79 Å². The molecule has 0 aromatic carbocycles. The van der Waals surface area contributed by atoms with Crippen LogP contribution < -0.4 is 31.9 Å². The highest BCUT2D eigenvalue weighted by Gasteiger charge is 2.25. The molecular formula is C41H75N7O12S2. The number of carbonyl (C=O) groups excluding carboxylic acids is 4. The number of hydrogen-bond acceptors (Lipinski definition) is 12. The van der Waals surface area contributed by atoms with Crippen molar-refractivity contribution in [2.24, 2.45) is 0 Å². The van der Waals surface area contributed by atoms with E-state index in [4.69, 9.17) is 10.2 Å². The lowest BCUT2D eigenvalue weighted by Gasteiger charge is -2.30. The van der Waals surface area contributed by atoms with Crippen molar-refractivity contribution in [1.82, 2.24) is 36.8 Å². The van der Waals surface area contributed by atoms with Crippen molar-refractivity contribution >= 4 is 72.9 Å². The van der Waals surface area contributed by atoms with Crippen LogP contribution in [0.1, 0.15) is 137 Å². The van der Waals surface area contributed by atoms with Gasteiger partial charge in [-0.3, -0.25) is 19.2 Å². The molecule has 0 aromatic rings. The van der Waals surface area contributed by atoms with Gasteiger partial charge < -0.3 is 57.2 Å². The Bertz CT molecular complexity index is 1390. The van der Waals surface area contributed by atoms with E-state index in [-0.39, 0.29) is 52.9 Å². The Morgan fingerprint density at radius 2 is 0.952 bits per heavy atom. The Morgan fingerprint density at radius 1 is 0.500 bits per heavy atom. The van der Waals surface area contributed by atoms with Crippen molar-refractivity contribution in [2.45, 2.75) is 164 Å². The average Bonchev–Trinajstić information content (AvgIpc) is 3.15. The van der Waals surface area contributed by atoms with Gasteiger partial charge in [0.25, 0.3) is 0 Å². The molecule has 21 heteroatoms. The summed E-state index contributed by atoms with van der Waals surface area (Å²) in [6.45, 7) is 13.0. The Hall–Kier alpha value is -3.82. The molecule has 5 amide bonds. The van der Waals surface area contributed by atoms with Crippen molar-refractivity contribution in [3.63, 3.8) is 0 Å². The average molecular weight is 922 g/mol. The first-order valence-corrected chi connectivity index (χ1v) is 22.6. The van der Waals surface area contributed by atoms with E-state index in [9.17, 15) is 48.6 Å². The van der Waals surface area contributed by atoms with E-state index >= 15 is 0 Å². The molecule has 0 saturated heterocycles. The summed E-state index contributed by atoms with van der Waals surface area (Å²) in [6.07, 6.45) is 6.34. The smallest absolute Gasteiger partial charge is 0.326 e. The molecule has 0 saturated carbocycles. The van der Waals surface area contributed by atoms with E-state index < -0.39 is 54.5 Å². The number of carbonyl (C=O) groups is 8. The molecule has 0 fully saturated rings. The summed E-state index contributed by atoms with van der Waals surface area (Å²) < 4.78 is -0.269. The van der Waals surface area contributed by atoms with Crippen LogP contribution in [0.3, 0.4) is 0 Å². The maximum Gasteiger partial charge on any atom is 0.326 e. The minimum Gasteiger partial charge on any atom is -0.481 e. The Labute approximate surface area is 377 Å². The van der Waals surface area contributed by atoms with Crippen molar-refractivity contribution in [1.29, 1.82) is 0 Å². The van der Waals surface area contributed by atoms with E-state index in [2.05, 4.69) is 89.8 Å². The number of hydrogen-bond donors (Lipinski definition) is 12. The SMILES string of the molecule is CC(C)(S)CNCCN(CCCCC(=O)N[C@@H](CCCCNC(=O)CCCCCCC(=O)NCCCC[C@H](NC(=O)N[C@@H](CCC(=O)O)C(=O)O)C(=O)O)C(=O)O)CC(C)(C)S. The highest BCUT2D eigenvalue weighted by molar-refractivity contribution is 7.82. The van der Waals surface area contributed by atoms with E-state index in [1.165, 1.54) is 0 Å². The van der Waals surface area contributed by atoms with Crippen molar-refractivity contribution in [3.05, 3.63) is 0 Å². The summed E-state index contributed by atoms with van der Waals surface area (Å²) in [7, 11) is 0. The fourth-order valence-corrected chi connectivity index (χ4v) is 6.55. The number of carboxylic acids is 4. The molecule has 0 rings (SSSR count). The molecule has 62 heavy (non-hydrogen) atoms. The third kappa shape index (κ3) is 34.7. The van der Waals surface area contributed by atoms with Crippen LogP contribution in [0.15, 0.2) is 0 Å². The topological polar surface area (TPSA) is 293 Å². The normalized spacial score (nSPS) is 13.1. The van der Waals surface area contributed by atoms with E-state index in [0.29, 0.717) is 70.9 Å². The van der Waals surface area contributed by atoms with Crippen molar-refractivity contribution < 1.29 is 58.8 Å². The summed E-state index contributed by atoms with van der Waals surface area (Å²) in [5.41, 5.74) is 0. The van der Waals surface area contributed by atoms with Crippen LogP contribution in [-0.2, 0) is 33.6 Å². The van der Waals surface area contributed by atoms with Gasteiger partial charge in [-0.05, 0) is 105 Å². The largest absolute Gasteiger partial charge is 0.481 e. The zero-order valence-corrected chi connectivity index (χ0v) is 38.9. The van der Waals surface area contributed by atoms with E-state index in [1.54, 1.807) is 0 Å². The summed E-state index contributed by atoms with van der Waals surface area (Å²) in [5.74, 6) is -5.67. The fraction of sp³-hybridized carbons (Fsp3) is 0.805. The Balaban J connectivity index is 4.16. The van der Waals surface area contributed by atoms with E-state index in [0.717, 1.165) is 52.0 Å². The zero-order chi connectivity index (χ0) is 47.1. The molecule has 0 aliphatic rings. The van der Waals surface area contributed by atoms with Crippen molar-refractivity contribution in [2.75, 3.05) is 45.8 Å². The first kappa shape index (κ1) is 58.2. The number of thiol groups is 2. The number of nitrogens with one attached hydrogen (secondary N) is 6. The van der Waals surface area contributed by atoms with Gasteiger partial charge in [0.05, 0.1) is 0 Å². The van der Waals surface area contributed by atoms with Crippen LogP contribution in [0, 0.1) is 0 Å². The molecule has 0 bridgehead atoms. The van der Waals surface area contributed by atoms with Crippen LogP contribution in [0.5, 0.6) is 0 Å². The lowest BCUT2D eigenvalue weighted by molar-refractivity contribution is -0.142. The summed E-state index contributed by atoms with van der Waals surface area (Å²) >= 11 is 9.22. The molecular weight excluding hydrogens is 847 g/mol. The Kier molecular flexibility index (Phi) is 30.8. The molecule has 358 valence electrons. The highest BCUT2D eigenvalue weighted by atomic mass is 32.1. The highest BCUT2D eigenvalue weighted by Crippen LogP contribution is 2.15. The Morgan fingerprint density at radius 3 is 1.40 bits per heavy atom. The third-order valence-corrected chi connectivity index (χ3v) is 9.73. The number of amides is 5. The van der Waals surface area contributed by atoms with Crippen LogP contribution in [0.2, 0.25) is 0 Å². The van der Waals surface area contributed by atoms with Gasteiger partial charge in [-0.2, -0.15) is 25.3 Å². The first-order valence-electron chi connectivity index (χ1n) is 21.7. The van der Waals surface area contributed by atoms with Gasteiger partial charge in [-0.1, -0.05) is 12.8 Å². The molecule has 19 nitrogen and oxygen atoms in total. The van der Waals surface area contributed by atoms with Gasteiger partial charge in [0.2, 0.25) is 17.7 Å². The fourth-order valence-electron chi connectivity index (χ4n) is 6.24. The number of unbranched alkanes of at least 4 members (excludes halogenated alkanes) is 6. The number of rotatable bonds is 38. The lowest BCUT2D eigenvalue weighted by Crippen LogP contribution is -2.51. The van der Waals surface area contributed by atoms with Crippen LogP contribution in [-0.4, -0.2) is 146 Å². The predicted molar refractivity (Wildman–Crippen MR) is 242 cm³/mol. The molecule has 0 aliphatic carbocycles. The minimum absolute atomic E-state index is 0.0244.